The van der Waals surface area contributed by atoms with Crippen LogP contribution < -0.4 is 10.6 Å². The van der Waals surface area contributed by atoms with Crippen molar-refractivity contribution in [1.29, 1.82) is 0 Å². The zero-order valence-electron chi connectivity index (χ0n) is 17.2. The van der Waals surface area contributed by atoms with Crippen LogP contribution in [0.25, 0.3) is 0 Å². The van der Waals surface area contributed by atoms with Crippen LogP contribution in [-0.2, 0) is 11.3 Å². The minimum absolute atomic E-state index is 0.0871. The molecule has 1 fully saturated rings. The van der Waals surface area contributed by atoms with E-state index in [1.54, 1.807) is 18.3 Å². The number of pyridine rings is 1. The van der Waals surface area contributed by atoms with E-state index in [2.05, 4.69) is 38.1 Å². The lowest BCUT2D eigenvalue weighted by atomic mass is 10.0. The van der Waals surface area contributed by atoms with Crippen LogP contribution in [0.2, 0.25) is 0 Å². The zero-order valence-corrected chi connectivity index (χ0v) is 18.0. The molecule has 3 heterocycles. The van der Waals surface area contributed by atoms with Crippen molar-refractivity contribution < 1.29 is 9.18 Å². The first-order valence-corrected chi connectivity index (χ1v) is 10.7. The number of amides is 1. The van der Waals surface area contributed by atoms with Crippen LogP contribution in [0.15, 0.2) is 67.0 Å². The van der Waals surface area contributed by atoms with Gasteiger partial charge in [-0.1, -0.05) is 6.07 Å². The van der Waals surface area contributed by atoms with Crippen LogP contribution in [0.4, 0.5) is 10.1 Å². The van der Waals surface area contributed by atoms with E-state index < -0.39 is 0 Å². The molecule has 2 atom stereocenters. The second-order valence-corrected chi connectivity index (χ2v) is 7.73. The molecule has 2 aromatic heterocycles. The van der Waals surface area contributed by atoms with E-state index in [4.69, 9.17) is 12.2 Å². The van der Waals surface area contributed by atoms with E-state index >= 15 is 0 Å². The second kappa shape index (κ2) is 9.26. The fourth-order valence-electron chi connectivity index (χ4n) is 3.93. The minimum atomic E-state index is -0.339. The van der Waals surface area contributed by atoms with Crippen LogP contribution in [0.3, 0.4) is 0 Å². The topological polar surface area (TPSA) is 62.2 Å². The van der Waals surface area contributed by atoms with Crippen LogP contribution in [-0.4, -0.2) is 32.0 Å². The van der Waals surface area contributed by atoms with E-state index in [1.165, 1.54) is 12.1 Å². The van der Waals surface area contributed by atoms with E-state index in [1.807, 2.05) is 30.5 Å². The fourth-order valence-corrected chi connectivity index (χ4v) is 4.26. The molecule has 6 nitrogen and oxygen atoms in total. The van der Waals surface area contributed by atoms with Crippen molar-refractivity contribution in [3.63, 3.8) is 0 Å². The van der Waals surface area contributed by atoms with Crippen LogP contribution >= 0.6 is 12.2 Å². The highest BCUT2D eigenvalue weighted by Gasteiger charge is 2.40. The predicted molar refractivity (Wildman–Crippen MR) is 122 cm³/mol. The van der Waals surface area contributed by atoms with Gasteiger partial charge in [0, 0.05) is 43.3 Å². The molecule has 0 radical (unpaired) electrons. The van der Waals surface area contributed by atoms with Gasteiger partial charge >= 0.3 is 0 Å². The van der Waals surface area contributed by atoms with Gasteiger partial charge in [0.15, 0.2) is 5.11 Å². The quantitative estimate of drug-likeness (QED) is 0.546. The Balaban J connectivity index is 1.54. The minimum Gasteiger partial charge on any atom is -0.352 e. The summed E-state index contributed by atoms with van der Waals surface area (Å²) in [7, 11) is 0. The highest BCUT2D eigenvalue weighted by atomic mass is 32.1. The maximum Gasteiger partial charge on any atom is 0.226 e. The number of benzene rings is 1. The molecule has 1 aliphatic rings. The van der Waals surface area contributed by atoms with Gasteiger partial charge in [0.05, 0.1) is 17.8 Å². The van der Waals surface area contributed by atoms with Crippen molar-refractivity contribution in [1.82, 2.24) is 19.8 Å². The van der Waals surface area contributed by atoms with Crippen molar-refractivity contribution in [2.75, 3.05) is 11.9 Å². The molecule has 31 heavy (non-hydrogen) atoms. The summed E-state index contributed by atoms with van der Waals surface area (Å²) in [5, 5.41) is 6.80. The lowest BCUT2D eigenvalue weighted by molar-refractivity contribution is -0.116. The molecule has 8 heteroatoms. The number of thiocarbonyl (C=S) groups is 1. The molecule has 0 spiro atoms. The summed E-state index contributed by atoms with van der Waals surface area (Å²) in [6, 6.07) is 15.5. The predicted octanol–water partition coefficient (Wildman–Crippen LogP) is 4.04. The number of anilines is 1. The summed E-state index contributed by atoms with van der Waals surface area (Å²) >= 11 is 5.65. The van der Waals surface area contributed by atoms with Crippen LogP contribution in [0.1, 0.15) is 36.8 Å². The van der Waals surface area contributed by atoms with E-state index in [0.29, 0.717) is 17.3 Å². The number of halogens is 1. The van der Waals surface area contributed by atoms with Gasteiger partial charge in [-0.25, -0.2) is 4.39 Å². The number of carbonyl (C=O) groups excluding carboxylic acids is 1. The normalized spacial score (nSPS) is 18.1. The van der Waals surface area contributed by atoms with Gasteiger partial charge in [0.25, 0.3) is 0 Å². The maximum atomic E-state index is 13.1. The summed E-state index contributed by atoms with van der Waals surface area (Å²) in [5.41, 5.74) is 2.58. The molecule has 2 N–H and O–H groups in total. The third-order valence-electron chi connectivity index (χ3n) is 5.41. The highest BCUT2D eigenvalue weighted by Crippen LogP contribution is 2.38. The molecule has 0 aliphatic carbocycles. The number of nitrogens with zero attached hydrogens (tertiary/aromatic N) is 3. The first kappa shape index (κ1) is 21.0. The molecule has 1 aromatic carbocycles. The number of hydrogen-bond donors (Lipinski definition) is 2. The van der Waals surface area contributed by atoms with Gasteiger partial charge in [0.1, 0.15) is 5.82 Å². The lowest BCUT2D eigenvalue weighted by Gasteiger charge is -2.28. The highest BCUT2D eigenvalue weighted by molar-refractivity contribution is 7.80. The third-order valence-corrected chi connectivity index (χ3v) is 5.77. The summed E-state index contributed by atoms with van der Waals surface area (Å²) in [6.07, 6.45) is 4.07. The Bertz CT molecular complexity index is 1050. The number of hydrogen-bond acceptors (Lipinski definition) is 3. The van der Waals surface area contributed by atoms with Gasteiger partial charge in [-0.15, -0.1) is 0 Å². The first-order valence-electron chi connectivity index (χ1n) is 10.3. The molecule has 4 rings (SSSR count). The summed E-state index contributed by atoms with van der Waals surface area (Å²) < 4.78 is 15.3. The van der Waals surface area contributed by atoms with Crippen molar-refractivity contribution in [3.05, 3.63) is 84.2 Å². The summed E-state index contributed by atoms with van der Waals surface area (Å²) in [4.78, 5) is 19.1. The van der Waals surface area contributed by atoms with E-state index in [9.17, 15) is 9.18 Å². The molecular formula is C23H24FN5OS. The Kier molecular flexibility index (Phi) is 6.27. The number of rotatable bonds is 7. The monoisotopic (exact) mass is 437 g/mol. The SMILES string of the molecule is CCn1cccc1C1C(c2ccccn2)NC(=S)N1CCC(=O)Nc1ccc(F)cc1. The largest absolute Gasteiger partial charge is 0.352 e. The van der Waals surface area contributed by atoms with Gasteiger partial charge in [-0.2, -0.15) is 0 Å². The second-order valence-electron chi connectivity index (χ2n) is 7.34. The van der Waals surface area contributed by atoms with Gasteiger partial charge in [0.2, 0.25) is 5.91 Å². The fraction of sp³-hybridized carbons (Fsp3) is 0.261. The lowest BCUT2D eigenvalue weighted by Crippen LogP contribution is -2.33. The molecule has 2 unspecified atom stereocenters. The average molecular weight is 438 g/mol. The molecule has 3 aromatic rings. The zero-order chi connectivity index (χ0) is 21.8. The van der Waals surface area contributed by atoms with Crippen molar-refractivity contribution >= 4 is 28.9 Å². The molecule has 1 aliphatic heterocycles. The summed E-state index contributed by atoms with van der Waals surface area (Å²) in [5.74, 6) is -0.492. The molecule has 0 saturated carbocycles. The molecule has 1 saturated heterocycles. The number of carbonyl (C=O) groups is 1. The Labute approximate surface area is 186 Å². The Morgan fingerprint density at radius 3 is 2.71 bits per heavy atom. The Morgan fingerprint density at radius 1 is 1.19 bits per heavy atom. The standard InChI is InChI=1S/C23H24FN5OS/c1-2-28-14-5-7-19(28)22-21(18-6-3-4-13-25-18)27-23(31)29(22)15-12-20(30)26-17-10-8-16(24)9-11-17/h3-11,13-14,21-22H,2,12,15H2,1H3,(H,26,30)(H,27,31). The van der Waals surface area contributed by atoms with Gasteiger partial charge in [-0.3, -0.25) is 9.78 Å². The molecule has 160 valence electrons. The van der Waals surface area contributed by atoms with Crippen molar-refractivity contribution in [2.24, 2.45) is 0 Å². The maximum absolute atomic E-state index is 13.1. The smallest absolute Gasteiger partial charge is 0.226 e. The van der Waals surface area contributed by atoms with Crippen LogP contribution in [0, 0.1) is 5.82 Å². The molecule has 1 amide bonds. The van der Waals surface area contributed by atoms with Crippen LogP contribution in [0.5, 0.6) is 0 Å². The number of aromatic nitrogens is 2. The molecule has 0 bridgehead atoms. The third kappa shape index (κ3) is 4.59. The Hall–Kier alpha value is -3.26. The first-order chi connectivity index (χ1) is 15.1. The Morgan fingerprint density at radius 2 is 2.00 bits per heavy atom. The summed E-state index contributed by atoms with van der Waals surface area (Å²) in [6.45, 7) is 3.38. The van der Waals surface area contributed by atoms with Crippen molar-refractivity contribution in [3.8, 4) is 0 Å². The van der Waals surface area contributed by atoms with E-state index in [0.717, 1.165) is 17.9 Å². The van der Waals surface area contributed by atoms with Gasteiger partial charge in [-0.05, 0) is 67.7 Å². The van der Waals surface area contributed by atoms with E-state index in [-0.39, 0.29) is 30.2 Å². The number of aryl methyl sites for hydroxylation is 1. The average Bonchev–Trinajstić information content (AvgIpc) is 3.38. The molecular weight excluding hydrogens is 413 g/mol. The van der Waals surface area contributed by atoms with Crippen molar-refractivity contribution in [2.45, 2.75) is 32.0 Å². The van der Waals surface area contributed by atoms with Gasteiger partial charge < -0.3 is 20.1 Å². The number of nitrogens with one attached hydrogen (secondary N) is 2.